The van der Waals surface area contributed by atoms with Crippen molar-refractivity contribution in [2.75, 3.05) is 25.7 Å². The second-order valence-electron chi connectivity index (χ2n) is 3.33. The summed E-state index contributed by atoms with van der Waals surface area (Å²) in [7, 11) is 3.08. The minimum Gasteiger partial charge on any atom is -0.503 e. The molecule has 0 aliphatic rings. The van der Waals surface area contributed by atoms with Crippen molar-refractivity contribution >= 4 is 17.4 Å². The van der Waals surface area contributed by atoms with Gasteiger partial charge in [0.15, 0.2) is 11.6 Å². The van der Waals surface area contributed by atoms with Crippen LogP contribution in [0.3, 0.4) is 0 Å². The van der Waals surface area contributed by atoms with Gasteiger partial charge in [0, 0.05) is 7.05 Å². The first kappa shape index (κ1) is 13.5. The molecule has 7 heteroatoms. The molecule has 6 nitrogen and oxygen atoms in total. The van der Waals surface area contributed by atoms with Crippen LogP contribution in [0.1, 0.15) is 0 Å². The molecular formula is C10H14ClN3O3. The van der Waals surface area contributed by atoms with E-state index in [0.717, 1.165) is 0 Å². The van der Waals surface area contributed by atoms with Gasteiger partial charge in [-0.05, 0) is 11.6 Å². The van der Waals surface area contributed by atoms with E-state index in [2.05, 4.69) is 16.5 Å². The highest BCUT2D eigenvalue weighted by Crippen LogP contribution is 2.26. The predicted octanol–water partition coefficient (Wildman–Crippen LogP) is 0.793. The van der Waals surface area contributed by atoms with Crippen molar-refractivity contribution in [3.05, 3.63) is 23.8 Å². The molecule has 0 spiro atoms. The molecule has 1 heterocycles. The Kier molecular flexibility index (Phi) is 4.53. The molecule has 0 amide bonds. The number of aliphatic hydroxyl groups excluding tert-OH is 1. The number of rotatable bonds is 5. The van der Waals surface area contributed by atoms with Crippen LogP contribution in [0.4, 0.5) is 5.82 Å². The van der Waals surface area contributed by atoms with Gasteiger partial charge in [0.1, 0.15) is 11.8 Å². The van der Waals surface area contributed by atoms with Crippen LogP contribution in [0.25, 0.3) is 0 Å². The zero-order chi connectivity index (χ0) is 13.0. The molecule has 0 aromatic carbocycles. The number of aliphatic hydroxyl groups is 1. The van der Waals surface area contributed by atoms with E-state index in [1.807, 2.05) is 0 Å². The van der Waals surface area contributed by atoms with E-state index in [1.165, 1.54) is 18.2 Å². The zero-order valence-electron chi connectivity index (χ0n) is 9.59. The number of aromatic hydroxyl groups is 1. The molecular weight excluding hydrogens is 246 g/mol. The fourth-order valence-corrected chi connectivity index (χ4v) is 1.46. The molecule has 0 aliphatic carbocycles. The Morgan fingerprint density at radius 3 is 2.88 bits per heavy atom. The van der Waals surface area contributed by atoms with Crippen molar-refractivity contribution in [2.24, 2.45) is 0 Å². The lowest BCUT2D eigenvalue weighted by Crippen LogP contribution is -2.37. The average molecular weight is 260 g/mol. The van der Waals surface area contributed by atoms with E-state index >= 15 is 0 Å². The molecule has 0 saturated heterocycles. The fourth-order valence-electron chi connectivity index (χ4n) is 1.33. The van der Waals surface area contributed by atoms with Gasteiger partial charge >= 0.3 is 0 Å². The van der Waals surface area contributed by atoms with Crippen LogP contribution in [0.2, 0.25) is 5.28 Å². The highest BCUT2D eigenvalue weighted by atomic mass is 35.5. The van der Waals surface area contributed by atoms with Gasteiger partial charge in [0.25, 0.3) is 0 Å². The molecule has 1 aromatic rings. The molecule has 1 unspecified atom stereocenters. The topological polar surface area (TPSA) is 78.7 Å². The Balaban J connectivity index is 3.05. The van der Waals surface area contributed by atoms with E-state index in [1.54, 1.807) is 7.05 Å². The number of methoxy groups -OCH3 is 1. The Bertz CT molecular complexity index is 414. The Hall–Kier alpha value is -1.53. The predicted molar refractivity (Wildman–Crippen MR) is 64.1 cm³/mol. The fraction of sp³-hybridized carbons (Fsp3) is 0.400. The van der Waals surface area contributed by atoms with Crippen molar-refractivity contribution in [1.82, 2.24) is 9.97 Å². The summed E-state index contributed by atoms with van der Waals surface area (Å²) in [6.07, 6.45) is 1.19. The number of aromatic nitrogens is 2. The Labute approximate surface area is 104 Å². The van der Waals surface area contributed by atoms with Crippen LogP contribution in [0.5, 0.6) is 5.75 Å². The van der Waals surface area contributed by atoms with Crippen molar-refractivity contribution in [1.29, 1.82) is 0 Å². The molecule has 2 N–H and O–H groups in total. The van der Waals surface area contributed by atoms with E-state index in [4.69, 9.17) is 16.3 Å². The largest absolute Gasteiger partial charge is 0.503 e. The maximum atomic E-state index is 9.63. The number of nitrogens with zero attached hydrogens (tertiary/aromatic N) is 3. The number of hydrogen-bond donors (Lipinski definition) is 2. The van der Waals surface area contributed by atoms with Gasteiger partial charge in [-0.25, -0.2) is 4.98 Å². The summed E-state index contributed by atoms with van der Waals surface area (Å²) >= 11 is 5.65. The van der Waals surface area contributed by atoms with Crippen LogP contribution in [-0.2, 0) is 4.74 Å². The summed E-state index contributed by atoms with van der Waals surface area (Å²) in [4.78, 5) is 9.02. The first-order chi connectivity index (χ1) is 8.01. The number of anilines is 1. The second-order valence-corrected chi connectivity index (χ2v) is 3.67. The lowest BCUT2D eigenvalue weighted by atomic mass is 10.2. The summed E-state index contributed by atoms with van der Waals surface area (Å²) in [5.74, 6) is 0.408. The molecule has 0 saturated carbocycles. The molecule has 1 rings (SSSR count). The summed E-state index contributed by atoms with van der Waals surface area (Å²) in [6.45, 7) is 3.43. The average Bonchev–Trinajstić information content (AvgIpc) is 2.32. The third kappa shape index (κ3) is 2.98. The van der Waals surface area contributed by atoms with Crippen molar-refractivity contribution < 1.29 is 14.9 Å². The molecule has 0 radical (unpaired) electrons. The molecule has 0 bridgehead atoms. The van der Waals surface area contributed by atoms with Gasteiger partial charge < -0.3 is 19.8 Å². The van der Waals surface area contributed by atoms with Crippen molar-refractivity contribution in [2.45, 2.75) is 6.04 Å². The monoisotopic (exact) mass is 259 g/mol. The summed E-state index contributed by atoms with van der Waals surface area (Å²) in [6, 6.07) is -0.531. The summed E-state index contributed by atoms with van der Waals surface area (Å²) in [5, 5.41) is 18.9. The van der Waals surface area contributed by atoms with Crippen LogP contribution < -0.4 is 4.90 Å². The van der Waals surface area contributed by atoms with E-state index in [9.17, 15) is 10.2 Å². The van der Waals surface area contributed by atoms with E-state index in [0.29, 0.717) is 5.76 Å². The molecule has 94 valence electrons. The van der Waals surface area contributed by atoms with Gasteiger partial charge in [-0.15, -0.1) is 0 Å². The van der Waals surface area contributed by atoms with Gasteiger partial charge in [-0.1, -0.05) is 6.58 Å². The van der Waals surface area contributed by atoms with Crippen LogP contribution in [0, 0.1) is 0 Å². The highest BCUT2D eigenvalue weighted by Gasteiger charge is 2.22. The minimum atomic E-state index is -0.531. The number of likely N-dealkylation sites (N-methyl/N-ethyl adjacent to an activating group) is 1. The number of ether oxygens (including phenoxy) is 1. The molecule has 1 atom stereocenters. The SMILES string of the molecule is C=C(OC)C(CO)N(C)c1nc(Cl)ncc1O. The van der Waals surface area contributed by atoms with Crippen LogP contribution in [-0.4, -0.2) is 47.0 Å². The lowest BCUT2D eigenvalue weighted by Gasteiger charge is -2.28. The van der Waals surface area contributed by atoms with Gasteiger partial charge in [-0.2, -0.15) is 4.98 Å². The first-order valence-electron chi connectivity index (χ1n) is 4.79. The second kappa shape index (κ2) is 5.70. The minimum absolute atomic E-state index is 0.00405. The third-order valence-corrected chi connectivity index (χ3v) is 2.51. The number of hydrogen-bond acceptors (Lipinski definition) is 6. The van der Waals surface area contributed by atoms with Gasteiger partial charge in [-0.3, -0.25) is 0 Å². The van der Waals surface area contributed by atoms with Gasteiger partial charge in [0.2, 0.25) is 5.28 Å². The number of halogens is 1. The summed E-state index contributed by atoms with van der Waals surface area (Å²) in [5.41, 5.74) is 0. The van der Waals surface area contributed by atoms with Crippen molar-refractivity contribution in [3.63, 3.8) is 0 Å². The first-order valence-corrected chi connectivity index (χ1v) is 5.17. The smallest absolute Gasteiger partial charge is 0.224 e. The highest BCUT2D eigenvalue weighted by molar-refractivity contribution is 6.28. The maximum Gasteiger partial charge on any atom is 0.224 e. The van der Waals surface area contributed by atoms with E-state index < -0.39 is 6.04 Å². The Morgan fingerprint density at radius 2 is 2.35 bits per heavy atom. The molecule has 0 fully saturated rings. The zero-order valence-corrected chi connectivity index (χ0v) is 10.3. The molecule has 1 aromatic heterocycles. The molecule has 17 heavy (non-hydrogen) atoms. The lowest BCUT2D eigenvalue weighted by molar-refractivity contribution is 0.208. The van der Waals surface area contributed by atoms with E-state index in [-0.39, 0.29) is 23.5 Å². The summed E-state index contributed by atoms with van der Waals surface area (Å²) < 4.78 is 4.96. The normalized spacial score (nSPS) is 12.0. The van der Waals surface area contributed by atoms with Crippen molar-refractivity contribution in [3.8, 4) is 5.75 Å². The maximum absolute atomic E-state index is 9.63. The molecule has 0 aliphatic heterocycles. The van der Waals surface area contributed by atoms with Crippen LogP contribution in [0.15, 0.2) is 18.5 Å². The van der Waals surface area contributed by atoms with Gasteiger partial charge in [0.05, 0.1) is 19.9 Å². The van der Waals surface area contributed by atoms with Crippen LogP contribution >= 0.6 is 11.6 Å². The Morgan fingerprint density at radius 1 is 1.71 bits per heavy atom. The standard InChI is InChI=1S/C10H14ClN3O3/c1-6(17-3)7(5-15)14(2)9-8(16)4-12-10(11)13-9/h4,7,15-16H,1,5H2,2-3H3. The quantitative estimate of drug-likeness (QED) is 0.601. The third-order valence-electron chi connectivity index (χ3n) is 2.33.